The van der Waals surface area contributed by atoms with Crippen molar-refractivity contribution in [1.82, 2.24) is 5.16 Å². The average molecular weight is 216 g/mol. The van der Waals surface area contributed by atoms with Crippen molar-refractivity contribution in [3.8, 4) is 11.3 Å². The molecule has 0 aliphatic carbocycles. The van der Waals surface area contributed by atoms with E-state index in [0.29, 0.717) is 0 Å². The summed E-state index contributed by atoms with van der Waals surface area (Å²) in [6, 6.07) is 9.32. The van der Waals surface area contributed by atoms with Gasteiger partial charge in [0.05, 0.1) is 0 Å². The molecule has 0 spiro atoms. The van der Waals surface area contributed by atoms with Gasteiger partial charge in [-0.3, -0.25) is 4.79 Å². The van der Waals surface area contributed by atoms with Crippen LogP contribution in [0.2, 0.25) is 0 Å². The number of hydrogen-bond donors (Lipinski definition) is 1. The smallest absolute Gasteiger partial charge is 0.221 e. The number of anilines is 1. The van der Waals surface area contributed by atoms with E-state index < -0.39 is 0 Å². The maximum Gasteiger partial charge on any atom is 0.221 e. The lowest BCUT2D eigenvalue weighted by Crippen LogP contribution is -2.05. The van der Waals surface area contributed by atoms with Gasteiger partial charge in [0.1, 0.15) is 11.5 Å². The predicted octanol–water partition coefficient (Wildman–Crippen LogP) is 2.61. The van der Waals surface area contributed by atoms with E-state index in [2.05, 4.69) is 10.5 Å². The van der Waals surface area contributed by atoms with Crippen LogP contribution in [0.3, 0.4) is 0 Å². The fraction of sp³-hybridized carbons (Fsp3) is 0.167. The standard InChI is InChI=1S/C12H12N2O2/c1-8-7-12(14-16-8)10-3-5-11(6-4-10)13-9(2)15/h3-7H,1-2H3,(H,13,15). The largest absolute Gasteiger partial charge is 0.361 e. The second-order valence-electron chi connectivity index (χ2n) is 3.58. The molecule has 0 fully saturated rings. The van der Waals surface area contributed by atoms with E-state index in [4.69, 9.17) is 4.52 Å². The number of hydrogen-bond acceptors (Lipinski definition) is 3. The highest BCUT2D eigenvalue weighted by atomic mass is 16.5. The summed E-state index contributed by atoms with van der Waals surface area (Å²) in [5.41, 5.74) is 2.54. The third kappa shape index (κ3) is 2.28. The fourth-order valence-electron chi connectivity index (χ4n) is 1.43. The molecule has 0 aliphatic heterocycles. The summed E-state index contributed by atoms with van der Waals surface area (Å²) in [6.45, 7) is 3.33. The molecule has 2 aromatic rings. The Kier molecular flexibility index (Phi) is 2.72. The van der Waals surface area contributed by atoms with Crippen LogP contribution >= 0.6 is 0 Å². The van der Waals surface area contributed by atoms with Crippen molar-refractivity contribution in [3.63, 3.8) is 0 Å². The first-order chi connectivity index (χ1) is 7.65. The highest BCUT2D eigenvalue weighted by Gasteiger charge is 2.03. The summed E-state index contributed by atoms with van der Waals surface area (Å²) in [4.78, 5) is 10.8. The second-order valence-corrected chi connectivity index (χ2v) is 3.58. The summed E-state index contributed by atoms with van der Waals surface area (Å²) in [6.07, 6.45) is 0. The summed E-state index contributed by atoms with van der Waals surface area (Å²) in [7, 11) is 0. The van der Waals surface area contributed by atoms with Gasteiger partial charge in [0.15, 0.2) is 0 Å². The Labute approximate surface area is 93.3 Å². The molecule has 0 saturated heterocycles. The third-order valence-electron chi connectivity index (χ3n) is 2.13. The van der Waals surface area contributed by atoms with Crippen molar-refractivity contribution in [2.75, 3.05) is 5.32 Å². The minimum atomic E-state index is -0.0787. The van der Waals surface area contributed by atoms with Crippen molar-refractivity contribution in [2.24, 2.45) is 0 Å². The lowest BCUT2D eigenvalue weighted by Gasteiger charge is -2.02. The number of nitrogens with zero attached hydrogens (tertiary/aromatic N) is 1. The van der Waals surface area contributed by atoms with E-state index in [-0.39, 0.29) is 5.91 Å². The molecule has 1 aromatic carbocycles. The zero-order valence-corrected chi connectivity index (χ0v) is 9.15. The van der Waals surface area contributed by atoms with Crippen LogP contribution in [0.25, 0.3) is 11.3 Å². The van der Waals surface area contributed by atoms with Crippen molar-refractivity contribution in [1.29, 1.82) is 0 Å². The van der Waals surface area contributed by atoms with Crippen LogP contribution in [0.5, 0.6) is 0 Å². The lowest BCUT2D eigenvalue weighted by atomic mass is 10.1. The second kappa shape index (κ2) is 4.18. The van der Waals surface area contributed by atoms with Crippen LogP contribution in [0, 0.1) is 6.92 Å². The minimum Gasteiger partial charge on any atom is -0.361 e. The van der Waals surface area contributed by atoms with Crippen LogP contribution in [-0.4, -0.2) is 11.1 Å². The summed E-state index contributed by atoms with van der Waals surface area (Å²) >= 11 is 0. The van der Waals surface area contributed by atoms with Gasteiger partial charge in [-0.15, -0.1) is 0 Å². The van der Waals surface area contributed by atoms with Crippen LogP contribution in [0.15, 0.2) is 34.9 Å². The molecule has 0 aliphatic rings. The van der Waals surface area contributed by atoms with Gasteiger partial charge in [-0.1, -0.05) is 17.3 Å². The summed E-state index contributed by atoms with van der Waals surface area (Å²) in [5.74, 6) is 0.700. The zero-order chi connectivity index (χ0) is 11.5. The van der Waals surface area contributed by atoms with Crippen LogP contribution in [-0.2, 0) is 4.79 Å². The van der Waals surface area contributed by atoms with Crippen LogP contribution in [0.1, 0.15) is 12.7 Å². The number of amides is 1. The molecular formula is C12H12N2O2. The van der Waals surface area contributed by atoms with E-state index in [0.717, 1.165) is 22.7 Å². The van der Waals surface area contributed by atoms with E-state index in [1.165, 1.54) is 6.92 Å². The topological polar surface area (TPSA) is 55.1 Å². The van der Waals surface area contributed by atoms with Gasteiger partial charge in [-0.25, -0.2) is 0 Å². The van der Waals surface area contributed by atoms with E-state index in [9.17, 15) is 4.79 Å². The van der Waals surface area contributed by atoms with Crippen LogP contribution < -0.4 is 5.32 Å². The number of benzene rings is 1. The molecule has 1 amide bonds. The average Bonchev–Trinajstić information content (AvgIpc) is 2.65. The maximum absolute atomic E-state index is 10.8. The molecule has 4 heteroatoms. The first-order valence-electron chi connectivity index (χ1n) is 4.96. The normalized spacial score (nSPS) is 10.1. The van der Waals surface area contributed by atoms with Gasteiger partial charge in [-0.2, -0.15) is 0 Å². The highest BCUT2D eigenvalue weighted by Crippen LogP contribution is 2.20. The van der Waals surface area contributed by atoms with Gasteiger partial charge < -0.3 is 9.84 Å². The van der Waals surface area contributed by atoms with Gasteiger partial charge in [0, 0.05) is 24.2 Å². The molecule has 4 nitrogen and oxygen atoms in total. The molecule has 1 aromatic heterocycles. The van der Waals surface area contributed by atoms with Crippen molar-refractivity contribution < 1.29 is 9.32 Å². The Morgan fingerprint density at radius 2 is 2.00 bits per heavy atom. The van der Waals surface area contributed by atoms with Crippen LogP contribution in [0.4, 0.5) is 5.69 Å². The zero-order valence-electron chi connectivity index (χ0n) is 9.15. The Morgan fingerprint density at radius 1 is 1.31 bits per heavy atom. The molecule has 1 heterocycles. The minimum absolute atomic E-state index is 0.0787. The highest BCUT2D eigenvalue weighted by molar-refractivity contribution is 5.88. The van der Waals surface area contributed by atoms with Gasteiger partial charge >= 0.3 is 0 Å². The fourth-order valence-corrected chi connectivity index (χ4v) is 1.43. The van der Waals surface area contributed by atoms with E-state index in [1.807, 2.05) is 37.3 Å². The monoisotopic (exact) mass is 216 g/mol. The molecule has 0 atom stereocenters. The molecule has 2 rings (SSSR count). The van der Waals surface area contributed by atoms with Crippen molar-refractivity contribution in [2.45, 2.75) is 13.8 Å². The molecule has 82 valence electrons. The molecule has 0 saturated carbocycles. The SMILES string of the molecule is CC(=O)Nc1ccc(-c2cc(C)on2)cc1. The Hall–Kier alpha value is -2.10. The first-order valence-corrected chi connectivity index (χ1v) is 4.96. The van der Waals surface area contributed by atoms with Gasteiger partial charge in [0.2, 0.25) is 5.91 Å². The molecule has 16 heavy (non-hydrogen) atoms. The maximum atomic E-state index is 10.8. The van der Waals surface area contributed by atoms with E-state index in [1.54, 1.807) is 0 Å². The number of rotatable bonds is 2. The number of carbonyl (C=O) groups excluding carboxylic acids is 1. The molecular weight excluding hydrogens is 204 g/mol. The number of nitrogens with one attached hydrogen (secondary N) is 1. The molecule has 0 radical (unpaired) electrons. The summed E-state index contributed by atoms with van der Waals surface area (Å²) < 4.78 is 4.99. The van der Waals surface area contributed by atoms with E-state index >= 15 is 0 Å². The lowest BCUT2D eigenvalue weighted by molar-refractivity contribution is -0.114. The Morgan fingerprint density at radius 3 is 2.50 bits per heavy atom. The van der Waals surface area contributed by atoms with Gasteiger partial charge in [-0.05, 0) is 19.1 Å². The number of aryl methyl sites for hydroxylation is 1. The Bertz CT molecular complexity index is 500. The number of carbonyl (C=O) groups is 1. The summed E-state index contributed by atoms with van der Waals surface area (Å²) in [5, 5.41) is 6.62. The number of aromatic nitrogens is 1. The van der Waals surface area contributed by atoms with Crippen molar-refractivity contribution >= 4 is 11.6 Å². The first kappa shape index (κ1) is 10.4. The quantitative estimate of drug-likeness (QED) is 0.839. The molecule has 0 unspecified atom stereocenters. The predicted molar refractivity (Wildman–Crippen MR) is 61.0 cm³/mol. The molecule has 0 bridgehead atoms. The van der Waals surface area contributed by atoms with Gasteiger partial charge in [0.25, 0.3) is 0 Å². The molecule has 1 N–H and O–H groups in total. The third-order valence-corrected chi connectivity index (χ3v) is 2.13. The van der Waals surface area contributed by atoms with Crippen molar-refractivity contribution in [3.05, 3.63) is 36.1 Å². The Balaban J connectivity index is 2.22.